The molecule has 1 amide bonds. The van der Waals surface area contributed by atoms with Crippen molar-refractivity contribution in [2.45, 2.75) is 26.4 Å². The second-order valence-corrected chi connectivity index (χ2v) is 5.45. The van der Waals surface area contributed by atoms with Gasteiger partial charge in [-0.25, -0.2) is 9.78 Å². The Labute approximate surface area is 110 Å². The second kappa shape index (κ2) is 6.55. The molecular weight excluding hydrogens is 256 g/mol. The summed E-state index contributed by atoms with van der Waals surface area (Å²) in [5.74, 6) is 0. The Morgan fingerprint density at radius 1 is 1.44 bits per heavy atom. The Morgan fingerprint density at radius 3 is 2.78 bits per heavy atom. The number of nitrogens with zero attached hydrogens (tertiary/aromatic N) is 1. The van der Waals surface area contributed by atoms with E-state index in [1.54, 1.807) is 27.9 Å². The Hall–Kier alpha value is -1.34. The smallest absolute Gasteiger partial charge is 0.412 e. The van der Waals surface area contributed by atoms with Crippen molar-refractivity contribution in [2.75, 3.05) is 25.6 Å². The lowest BCUT2D eigenvalue weighted by Crippen LogP contribution is -2.26. The molecule has 0 spiro atoms. The number of aromatic nitrogens is 1. The molecule has 0 atom stereocenters. The van der Waals surface area contributed by atoms with Crippen LogP contribution in [0.5, 0.6) is 5.19 Å². The number of carbonyl (C=O) groups excluding carboxylic acids is 1. The van der Waals surface area contributed by atoms with Crippen molar-refractivity contribution in [3.8, 4) is 5.19 Å². The number of nitrogens with one attached hydrogen (secondary N) is 1. The molecule has 1 heterocycles. The number of hydrogen-bond acceptors (Lipinski definition) is 6. The molecule has 0 saturated heterocycles. The molecule has 0 aliphatic rings. The SMILES string of the molecule is COCCOc1ncc(NC(=O)OC(C)(C)C)s1. The zero-order valence-electron chi connectivity index (χ0n) is 11.0. The summed E-state index contributed by atoms with van der Waals surface area (Å²) in [7, 11) is 1.60. The molecule has 0 radical (unpaired) electrons. The van der Waals surface area contributed by atoms with Crippen LogP contribution >= 0.6 is 11.3 Å². The van der Waals surface area contributed by atoms with E-state index in [0.717, 1.165) is 0 Å². The van der Waals surface area contributed by atoms with Gasteiger partial charge in [-0.1, -0.05) is 11.3 Å². The number of amides is 1. The van der Waals surface area contributed by atoms with Crippen molar-refractivity contribution in [1.82, 2.24) is 4.98 Å². The molecule has 1 rings (SSSR count). The van der Waals surface area contributed by atoms with E-state index in [2.05, 4.69) is 10.3 Å². The van der Waals surface area contributed by atoms with Gasteiger partial charge in [-0.2, -0.15) is 0 Å². The molecule has 0 aromatic carbocycles. The van der Waals surface area contributed by atoms with Crippen molar-refractivity contribution >= 4 is 22.4 Å². The lowest BCUT2D eigenvalue weighted by atomic mass is 10.2. The van der Waals surface area contributed by atoms with Crippen LogP contribution < -0.4 is 10.1 Å². The topological polar surface area (TPSA) is 69.7 Å². The normalized spacial score (nSPS) is 11.1. The highest BCUT2D eigenvalue weighted by Crippen LogP contribution is 2.25. The molecule has 102 valence electrons. The lowest BCUT2D eigenvalue weighted by molar-refractivity contribution is 0.0636. The third kappa shape index (κ3) is 5.83. The summed E-state index contributed by atoms with van der Waals surface area (Å²) in [6, 6.07) is 0. The standard InChI is InChI=1S/C11H18N2O4S/c1-11(2,3)17-9(14)13-8-7-12-10(18-8)16-6-5-15-4/h7H,5-6H2,1-4H3,(H,13,14). The van der Waals surface area contributed by atoms with E-state index in [0.29, 0.717) is 23.4 Å². The molecule has 0 unspecified atom stereocenters. The Morgan fingerprint density at radius 2 is 2.17 bits per heavy atom. The Kier molecular flexibility index (Phi) is 5.36. The third-order valence-electron chi connectivity index (χ3n) is 1.62. The highest BCUT2D eigenvalue weighted by molar-refractivity contribution is 7.17. The van der Waals surface area contributed by atoms with Crippen molar-refractivity contribution < 1.29 is 19.0 Å². The van der Waals surface area contributed by atoms with E-state index in [1.165, 1.54) is 17.5 Å². The van der Waals surface area contributed by atoms with Gasteiger partial charge in [-0.15, -0.1) is 0 Å². The lowest BCUT2D eigenvalue weighted by Gasteiger charge is -2.19. The van der Waals surface area contributed by atoms with Crippen LogP contribution in [-0.4, -0.2) is 37.0 Å². The molecule has 0 bridgehead atoms. The fourth-order valence-corrected chi connectivity index (χ4v) is 1.67. The maximum absolute atomic E-state index is 11.5. The van der Waals surface area contributed by atoms with Crippen LogP contribution in [0.25, 0.3) is 0 Å². The van der Waals surface area contributed by atoms with E-state index in [4.69, 9.17) is 14.2 Å². The van der Waals surface area contributed by atoms with Crippen LogP contribution in [0.15, 0.2) is 6.20 Å². The van der Waals surface area contributed by atoms with Crippen LogP contribution in [0.4, 0.5) is 9.80 Å². The predicted molar refractivity (Wildman–Crippen MR) is 69.3 cm³/mol. The third-order valence-corrected chi connectivity index (χ3v) is 2.45. The number of rotatable bonds is 5. The molecule has 0 fully saturated rings. The largest absolute Gasteiger partial charge is 0.468 e. The van der Waals surface area contributed by atoms with Crippen molar-refractivity contribution in [3.63, 3.8) is 0 Å². The summed E-state index contributed by atoms with van der Waals surface area (Å²) >= 11 is 1.24. The maximum atomic E-state index is 11.5. The minimum atomic E-state index is -0.521. The summed E-state index contributed by atoms with van der Waals surface area (Å²) in [6.45, 7) is 6.33. The van der Waals surface area contributed by atoms with Gasteiger partial charge in [0.05, 0.1) is 12.8 Å². The zero-order valence-corrected chi connectivity index (χ0v) is 11.8. The van der Waals surface area contributed by atoms with Crippen LogP contribution in [0.2, 0.25) is 0 Å². The molecule has 0 aliphatic carbocycles. The summed E-state index contributed by atoms with van der Waals surface area (Å²) in [5, 5.41) is 3.66. The number of hydrogen-bond donors (Lipinski definition) is 1. The predicted octanol–water partition coefficient (Wildman–Crippen LogP) is 2.52. The number of ether oxygens (including phenoxy) is 3. The first-order valence-electron chi connectivity index (χ1n) is 5.48. The zero-order chi connectivity index (χ0) is 13.6. The quantitative estimate of drug-likeness (QED) is 0.835. The number of anilines is 1. The second-order valence-electron chi connectivity index (χ2n) is 4.46. The minimum Gasteiger partial charge on any atom is -0.468 e. The fourth-order valence-electron chi connectivity index (χ4n) is 0.999. The summed E-state index contributed by atoms with van der Waals surface area (Å²) in [6.07, 6.45) is 1.02. The average molecular weight is 274 g/mol. The van der Waals surface area contributed by atoms with Gasteiger partial charge in [0.1, 0.15) is 17.2 Å². The van der Waals surface area contributed by atoms with E-state index in [-0.39, 0.29) is 0 Å². The Balaban J connectivity index is 2.41. The van der Waals surface area contributed by atoms with Crippen LogP contribution in [0.1, 0.15) is 20.8 Å². The molecule has 0 saturated carbocycles. The summed E-state index contributed by atoms with van der Waals surface area (Å²) in [5.41, 5.74) is -0.521. The fraction of sp³-hybridized carbons (Fsp3) is 0.636. The van der Waals surface area contributed by atoms with Gasteiger partial charge in [-0.3, -0.25) is 5.32 Å². The van der Waals surface area contributed by atoms with Crippen molar-refractivity contribution in [1.29, 1.82) is 0 Å². The van der Waals surface area contributed by atoms with E-state index in [9.17, 15) is 4.79 Å². The highest BCUT2D eigenvalue weighted by atomic mass is 32.1. The molecule has 6 nitrogen and oxygen atoms in total. The van der Waals surface area contributed by atoms with Crippen LogP contribution in [-0.2, 0) is 9.47 Å². The van der Waals surface area contributed by atoms with Crippen LogP contribution in [0.3, 0.4) is 0 Å². The molecule has 0 aliphatic heterocycles. The van der Waals surface area contributed by atoms with Crippen LogP contribution in [0, 0.1) is 0 Å². The summed E-state index contributed by atoms with van der Waals surface area (Å²) < 4.78 is 15.3. The van der Waals surface area contributed by atoms with Gasteiger partial charge >= 0.3 is 6.09 Å². The van der Waals surface area contributed by atoms with Crippen molar-refractivity contribution in [3.05, 3.63) is 6.20 Å². The first-order chi connectivity index (χ1) is 8.40. The molecule has 18 heavy (non-hydrogen) atoms. The van der Waals surface area contributed by atoms with Gasteiger partial charge in [-0.05, 0) is 20.8 Å². The van der Waals surface area contributed by atoms with Gasteiger partial charge in [0, 0.05) is 7.11 Å². The first kappa shape index (κ1) is 14.7. The molecule has 7 heteroatoms. The highest BCUT2D eigenvalue weighted by Gasteiger charge is 2.17. The summed E-state index contributed by atoms with van der Waals surface area (Å²) in [4.78, 5) is 15.5. The first-order valence-corrected chi connectivity index (χ1v) is 6.30. The van der Waals surface area contributed by atoms with Gasteiger partial charge in [0.15, 0.2) is 0 Å². The number of methoxy groups -OCH3 is 1. The van der Waals surface area contributed by atoms with Gasteiger partial charge < -0.3 is 14.2 Å². The van der Waals surface area contributed by atoms with E-state index in [1.807, 2.05) is 0 Å². The maximum Gasteiger partial charge on any atom is 0.412 e. The van der Waals surface area contributed by atoms with E-state index < -0.39 is 11.7 Å². The molecule has 1 aromatic heterocycles. The van der Waals surface area contributed by atoms with Gasteiger partial charge in [0.2, 0.25) is 0 Å². The van der Waals surface area contributed by atoms with Gasteiger partial charge in [0.25, 0.3) is 5.19 Å². The number of carbonyl (C=O) groups is 1. The minimum absolute atomic E-state index is 0.426. The van der Waals surface area contributed by atoms with E-state index >= 15 is 0 Å². The van der Waals surface area contributed by atoms with Crippen molar-refractivity contribution in [2.24, 2.45) is 0 Å². The molecule has 1 N–H and O–H groups in total. The molecule has 1 aromatic rings. The molecular formula is C11H18N2O4S. The number of thiazole rings is 1. The monoisotopic (exact) mass is 274 g/mol. The average Bonchev–Trinajstić information content (AvgIpc) is 2.63. The Bertz CT molecular complexity index is 387.